The predicted octanol–water partition coefficient (Wildman–Crippen LogP) is 3.28. The van der Waals surface area contributed by atoms with Gasteiger partial charge in [0, 0.05) is 47.6 Å². The summed E-state index contributed by atoms with van der Waals surface area (Å²) in [6.45, 7) is 0.278. The van der Waals surface area contributed by atoms with E-state index in [4.69, 9.17) is 11.6 Å². The molecule has 1 aromatic carbocycles. The third-order valence-corrected chi connectivity index (χ3v) is 13.3. The lowest BCUT2D eigenvalue weighted by Gasteiger charge is -2.34. The van der Waals surface area contributed by atoms with Crippen LogP contribution in [0.25, 0.3) is 9.75 Å². The van der Waals surface area contributed by atoms with Crippen molar-refractivity contribution in [2.75, 3.05) is 26.2 Å². The van der Waals surface area contributed by atoms with Gasteiger partial charge in [0.15, 0.2) is 0 Å². The number of carbonyl (C=O) groups excluding carboxylic acids is 2. The molecule has 2 aromatic heterocycles. The lowest BCUT2D eigenvalue weighted by molar-refractivity contribution is -0.385. The summed E-state index contributed by atoms with van der Waals surface area (Å²) in [5, 5.41) is 11.0. The van der Waals surface area contributed by atoms with Gasteiger partial charge in [-0.1, -0.05) is 17.7 Å². The molecule has 0 unspecified atom stereocenters. The molecule has 2 aliphatic rings. The van der Waals surface area contributed by atoms with Gasteiger partial charge in [0.05, 0.1) is 20.7 Å². The minimum absolute atomic E-state index is 0.0606. The molecule has 13 nitrogen and oxygen atoms in total. The maximum atomic E-state index is 13.3. The molecule has 2 aliphatic heterocycles. The molecule has 0 saturated carbocycles. The summed E-state index contributed by atoms with van der Waals surface area (Å²) in [5.74, 6) is -0.881. The van der Waals surface area contributed by atoms with E-state index in [-0.39, 0.29) is 46.8 Å². The molecular weight excluding hydrogens is 674 g/mol. The van der Waals surface area contributed by atoms with Gasteiger partial charge >= 0.3 is 0 Å². The Morgan fingerprint density at radius 1 is 1.00 bits per heavy atom. The average molecular weight is 702 g/mol. The van der Waals surface area contributed by atoms with E-state index >= 15 is 0 Å². The molecular formula is C26H28ClN5O8S4. The zero-order valence-electron chi connectivity index (χ0n) is 23.0. The normalized spacial score (nSPS) is 19.4. The maximum absolute atomic E-state index is 13.3. The number of hydrogen-bond acceptors (Lipinski definition) is 10. The fourth-order valence-electron chi connectivity index (χ4n) is 5.18. The van der Waals surface area contributed by atoms with Crippen LogP contribution in [0.4, 0.5) is 5.69 Å². The highest BCUT2D eigenvalue weighted by Crippen LogP contribution is 2.37. The number of rotatable bonds is 11. The van der Waals surface area contributed by atoms with Crippen LogP contribution in [0.1, 0.15) is 25.7 Å². The number of amides is 2. The molecule has 0 radical (unpaired) electrons. The summed E-state index contributed by atoms with van der Waals surface area (Å²) in [6, 6.07) is 9.87. The van der Waals surface area contributed by atoms with Crippen LogP contribution < -0.4 is 9.44 Å². The smallest absolute Gasteiger partial charge is 0.270 e. The molecule has 44 heavy (non-hydrogen) atoms. The summed E-state index contributed by atoms with van der Waals surface area (Å²) < 4.78 is 57.4. The van der Waals surface area contributed by atoms with Gasteiger partial charge in [-0.15, -0.1) is 22.7 Å². The van der Waals surface area contributed by atoms with Crippen LogP contribution >= 0.6 is 34.3 Å². The number of benzene rings is 1. The summed E-state index contributed by atoms with van der Waals surface area (Å²) in [7, 11) is -8.08. The molecule has 4 heterocycles. The van der Waals surface area contributed by atoms with Crippen LogP contribution in [0.3, 0.4) is 0 Å². The first-order chi connectivity index (χ1) is 20.8. The Bertz CT molecular complexity index is 1790. The topological polar surface area (TPSA) is 176 Å². The first-order valence-corrected chi connectivity index (χ1v) is 18.5. The quantitative estimate of drug-likeness (QED) is 0.226. The van der Waals surface area contributed by atoms with Crippen LogP contribution in [-0.2, 0) is 29.6 Å². The van der Waals surface area contributed by atoms with Crippen molar-refractivity contribution in [3.8, 4) is 9.75 Å². The number of carbonyl (C=O) groups is 2. The number of thiophene rings is 2. The van der Waals surface area contributed by atoms with Crippen molar-refractivity contribution in [1.82, 2.24) is 19.2 Å². The Hall–Kier alpha value is -2.93. The number of hydrogen-bond donors (Lipinski definition) is 2. The Morgan fingerprint density at radius 3 is 2.45 bits per heavy atom. The minimum Gasteiger partial charge on any atom is -0.337 e. The minimum atomic E-state index is -4.08. The molecule has 2 N–H and O–H groups in total. The highest BCUT2D eigenvalue weighted by Gasteiger charge is 2.36. The van der Waals surface area contributed by atoms with Crippen molar-refractivity contribution in [1.29, 1.82) is 0 Å². The van der Waals surface area contributed by atoms with Gasteiger partial charge in [0.25, 0.3) is 15.7 Å². The molecule has 0 bridgehead atoms. The summed E-state index contributed by atoms with van der Waals surface area (Å²) >= 11 is 8.40. The van der Waals surface area contributed by atoms with Crippen LogP contribution in [0.2, 0.25) is 4.34 Å². The SMILES string of the molecule is O=C1[C@@H](NS(=O)(=O)c2ccc(-c3ccc(Cl)s3)s2)CCCN1CC(=O)N1CCC[C@H]1CNS(=O)(=O)c1cccc([N+](=O)[O-])c1. The third-order valence-electron chi connectivity index (χ3n) is 7.36. The van der Waals surface area contributed by atoms with E-state index in [0.717, 1.165) is 27.2 Å². The molecule has 18 heteroatoms. The molecule has 2 fully saturated rings. The Balaban J connectivity index is 1.19. The van der Waals surface area contributed by atoms with E-state index in [1.807, 2.05) is 0 Å². The van der Waals surface area contributed by atoms with Crippen LogP contribution in [0, 0.1) is 10.1 Å². The number of likely N-dealkylation sites (tertiary alicyclic amines) is 2. The third kappa shape index (κ3) is 7.30. The molecule has 0 spiro atoms. The molecule has 2 saturated heterocycles. The number of non-ortho nitro benzene ring substituents is 1. The van der Waals surface area contributed by atoms with Gasteiger partial charge in [-0.25, -0.2) is 21.6 Å². The molecule has 236 valence electrons. The van der Waals surface area contributed by atoms with Gasteiger partial charge in [-0.05, 0) is 56.0 Å². The van der Waals surface area contributed by atoms with Crippen molar-refractivity contribution >= 4 is 71.8 Å². The molecule has 2 amide bonds. The van der Waals surface area contributed by atoms with E-state index in [2.05, 4.69) is 9.44 Å². The highest BCUT2D eigenvalue weighted by atomic mass is 35.5. The Kier molecular flexibility index (Phi) is 9.74. The van der Waals surface area contributed by atoms with Crippen LogP contribution in [0.15, 0.2) is 57.6 Å². The molecule has 5 rings (SSSR count). The van der Waals surface area contributed by atoms with Crippen molar-refractivity contribution in [2.45, 2.75) is 46.9 Å². The number of halogens is 1. The largest absolute Gasteiger partial charge is 0.337 e. The lowest BCUT2D eigenvalue weighted by Crippen LogP contribution is -2.55. The second-order valence-electron chi connectivity index (χ2n) is 10.3. The van der Waals surface area contributed by atoms with Gasteiger partial charge in [-0.3, -0.25) is 19.7 Å². The first-order valence-electron chi connectivity index (χ1n) is 13.5. The number of nitrogens with one attached hydrogen (secondary N) is 2. The number of nitro benzene ring substituents is 1. The predicted molar refractivity (Wildman–Crippen MR) is 166 cm³/mol. The molecule has 3 aromatic rings. The number of nitro groups is 1. The zero-order valence-corrected chi connectivity index (χ0v) is 27.1. The van der Waals surface area contributed by atoms with Crippen LogP contribution in [-0.4, -0.2) is 81.6 Å². The average Bonchev–Trinajstić information content (AvgIpc) is 3.75. The fourth-order valence-corrected chi connectivity index (χ4v) is 9.97. The van der Waals surface area contributed by atoms with Gasteiger partial charge in [-0.2, -0.15) is 4.72 Å². The van der Waals surface area contributed by atoms with E-state index in [0.29, 0.717) is 30.1 Å². The monoisotopic (exact) mass is 701 g/mol. The van der Waals surface area contributed by atoms with E-state index in [1.165, 1.54) is 45.4 Å². The van der Waals surface area contributed by atoms with Crippen molar-refractivity contribution in [3.05, 3.63) is 63.0 Å². The first kappa shape index (κ1) is 32.5. The number of piperidine rings is 1. The van der Waals surface area contributed by atoms with Gasteiger partial charge in [0.1, 0.15) is 10.3 Å². The molecule has 0 aliphatic carbocycles. The summed E-state index contributed by atoms with van der Waals surface area (Å²) in [4.78, 5) is 41.0. The second-order valence-corrected chi connectivity index (χ2v) is 16.8. The number of nitrogens with zero attached hydrogens (tertiary/aromatic N) is 3. The summed E-state index contributed by atoms with van der Waals surface area (Å²) in [5.41, 5.74) is -0.360. The van der Waals surface area contributed by atoms with E-state index in [9.17, 15) is 36.5 Å². The Morgan fingerprint density at radius 2 is 1.73 bits per heavy atom. The second kappa shape index (κ2) is 13.2. The van der Waals surface area contributed by atoms with Gasteiger partial charge in [0.2, 0.25) is 21.8 Å². The van der Waals surface area contributed by atoms with Crippen molar-refractivity contribution < 1.29 is 31.3 Å². The highest BCUT2D eigenvalue weighted by molar-refractivity contribution is 7.91. The Labute approximate surface area is 267 Å². The maximum Gasteiger partial charge on any atom is 0.270 e. The van der Waals surface area contributed by atoms with E-state index in [1.54, 1.807) is 18.2 Å². The van der Waals surface area contributed by atoms with Crippen LogP contribution in [0.5, 0.6) is 0 Å². The van der Waals surface area contributed by atoms with Crippen molar-refractivity contribution in [3.63, 3.8) is 0 Å². The van der Waals surface area contributed by atoms with Gasteiger partial charge < -0.3 is 9.80 Å². The van der Waals surface area contributed by atoms with Crippen molar-refractivity contribution in [2.24, 2.45) is 0 Å². The molecule has 2 atom stereocenters. The number of sulfonamides is 2. The summed E-state index contributed by atoms with van der Waals surface area (Å²) in [6.07, 6.45) is 1.93. The van der Waals surface area contributed by atoms with E-state index < -0.39 is 43.0 Å². The fraction of sp³-hybridized carbons (Fsp3) is 0.385. The lowest BCUT2D eigenvalue weighted by atomic mass is 10.1. The standard InChI is InChI=1S/C26H28ClN5O8S4/c27-23-10-8-21(41-23)22-9-11-25(42-22)44(39,40)29-20-7-3-12-30(26(20)34)16-24(33)31-13-2-5-18(31)15-28-43(37,38)19-6-1-4-17(14-19)32(35)36/h1,4,6,8-11,14,18,20,28-29H,2-3,5,7,12-13,15-16H2/t18-,20-/m0/s1. The zero-order chi connectivity index (χ0) is 31.6.